The highest BCUT2D eigenvalue weighted by Crippen LogP contribution is 2.60. The summed E-state index contributed by atoms with van der Waals surface area (Å²) in [6.45, 7) is 0. The largest absolute Gasteiger partial charge is 0.0622 e. The second kappa shape index (κ2) is 13.5. The van der Waals surface area contributed by atoms with Gasteiger partial charge in [-0.05, 0) is 195 Å². The fourth-order valence-electron chi connectivity index (χ4n) is 12.0. The van der Waals surface area contributed by atoms with Crippen molar-refractivity contribution in [2.45, 2.75) is 0 Å². The van der Waals surface area contributed by atoms with Gasteiger partial charge in [-0.1, -0.05) is 188 Å². The molecule has 0 heterocycles. The Kier molecular flexibility index (Phi) is 7.31. The van der Waals surface area contributed by atoms with Gasteiger partial charge in [0, 0.05) is 0 Å². The molecule has 0 unspecified atom stereocenters. The zero-order valence-corrected chi connectivity index (χ0v) is 35.9. The average Bonchev–Trinajstić information content (AvgIpc) is 3.71. The first kappa shape index (κ1) is 35.8. The van der Waals surface area contributed by atoms with Crippen LogP contribution in [0.5, 0.6) is 0 Å². The lowest BCUT2D eigenvalue weighted by Crippen LogP contribution is -1.95. The monoisotopic (exact) mass is 830 g/mol. The molecule has 14 aromatic carbocycles. The lowest BCUT2D eigenvalue weighted by molar-refractivity contribution is 1.59. The van der Waals surface area contributed by atoms with E-state index in [1.165, 1.54) is 153 Å². The van der Waals surface area contributed by atoms with Crippen molar-refractivity contribution in [1.29, 1.82) is 0 Å². The molecule has 15 rings (SSSR count). The molecule has 0 saturated carbocycles. The molecule has 0 saturated heterocycles. The third-order valence-electron chi connectivity index (χ3n) is 14.8. The van der Waals surface area contributed by atoms with E-state index < -0.39 is 0 Å². The van der Waals surface area contributed by atoms with Crippen LogP contribution in [0.15, 0.2) is 231 Å². The van der Waals surface area contributed by atoms with E-state index in [0.29, 0.717) is 0 Å². The Morgan fingerprint density at radius 2 is 0.591 bits per heavy atom. The molecule has 1 aliphatic rings. The molecule has 66 heavy (non-hydrogen) atoms. The highest BCUT2D eigenvalue weighted by molar-refractivity contribution is 6.37. The predicted molar refractivity (Wildman–Crippen MR) is 284 cm³/mol. The van der Waals surface area contributed by atoms with E-state index in [9.17, 15) is 0 Å². The normalized spacial score (nSPS) is 12.2. The molecular weight excluding hydrogens is 793 g/mol. The summed E-state index contributed by atoms with van der Waals surface area (Å²) in [5, 5.41) is 20.6. The van der Waals surface area contributed by atoms with Gasteiger partial charge < -0.3 is 0 Å². The van der Waals surface area contributed by atoms with Gasteiger partial charge >= 0.3 is 0 Å². The Balaban J connectivity index is 1.19. The van der Waals surface area contributed by atoms with Crippen molar-refractivity contribution in [2.75, 3.05) is 0 Å². The highest BCUT2D eigenvalue weighted by Gasteiger charge is 2.33. The van der Waals surface area contributed by atoms with Crippen molar-refractivity contribution in [3.05, 3.63) is 231 Å². The molecule has 1 aliphatic carbocycles. The van der Waals surface area contributed by atoms with Gasteiger partial charge in [-0.25, -0.2) is 0 Å². The van der Waals surface area contributed by atoms with Gasteiger partial charge in [0.2, 0.25) is 0 Å². The molecule has 0 aliphatic heterocycles. The summed E-state index contributed by atoms with van der Waals surface area (Å²) in [5.41, 5.74) is 15.1. The van der Waals surface area contributed by atoms with Crippen LogP contribution >= 0.6 is 0 Å². The predicted octanol–water partition coefficient (Wildman–Crippen LogP) is 18.7. The Morgan fingerprint density at radius 1 is 0.167 bits per heavy atom. The summed E-state index contributed by atoms with van der Waals surface area (Å²) in [6, 6.07) is 86.9. The van der Waals surface area contributed by atoms with Crippen molar-refractivity contribution in [3.8, 4) is 66.8 Å². The molecule has 0 atom stereocenters. The second-order valence-corrected chi connectivity index (χ2v) is 18.3. The Bertz CT molecular complexity index is 4370. The summed E-state index contributed by atoms with van der Waals surface area (Å²) >= 11 is 0. The van der Waals surface area contributed by atoms with Crippen molar-refractivity contribution in [2.24, 2.45) is 0 Å². The van der Waals surface area contributed by atoms with Crippen LogP contribution in [-0.2, 0) is 0 Å². The van der Waals surface area contributed by atoms with E-state index in [1.54, 1.807) is 0 Å². The SMILES string of the molecule is c1ccc(-c2cccc(-c3c4c(c(-c5cccc(-c6ccccc6)c5)c5cc6c7cc8ccccc8cc7c7ccccc7c6cc35)-c3cc5cccc6ccc7ccc-4c3c7c65)c2)cc1. The van der Waals surface area contributed by atoms with Crippen LogP contribution in [0.2, 0.25) is 0 Å². The zero-order chi connectivity index (χ0) is 43.0. The fraction of sp³-hybridized carbons (Fsp3) is 0. The number of fused-ring (bicyclic) bond motifs is 11. The number of rotatable bonds is 4. The number of hydrogen-bond acceptors (Lipinski definition) is 0. The van der Waals surface area contributed by atoms with Gasteiger partial charge in [-0.3, -0.25) is 0 Å². The molecular formula is C66H38. The van der Waals surface area contributed by atoms with Gasteiger partial charge in [0.25, 0.3) is 0 Å². The summed E-state index contributed by atoms with van der Waals surface area (Å²) in [7, 11) is 0. The summed E-state index contributed by atoms with van der Waals surface area (Å²) in [5.74, 6) is 0. The minimum atomic E-state index is 1.21. The van der Waals surface area contributed by atoms with Crippen LogP contribution in [0.25, 0.3) is 153 Å². The summed E-state index contributed by atoms with van der Waals surface area (Å²) in [6.07, 6.45) is 0. The molecule has 0 nitrogen and oxygen atoms in total. The number of hydrogen-bond donors (Lipinski definition) is 0. The highest BCUT2D eigenvalue weighted by atomic mass is 14.3. The van der Waals surface area contributed by atoms with Gasteiger partial charge in [-0.15, -0.1) is 0 Å². The van der Waals surface area contributed by atoms with Crippen LogP contribution in [0.3, 0.4) is 0 Å². The lowest BCUT2D eigenvalue weighted by atomic mass is 9.80. The van der Waals surface area contributed by atoms with E-state index in [-0.39, 0.29) is 0 Å². The van der Waals surface area contributed by atoms with E-state index in [2.05, 4.69) is 231 Å². The molecule has 0 bridgehead atoms. The maximum atomic E-state index is 2.57. The van der Waals surface area contributed by atoms with Crippen LogP contribution < -0.4 is 0 Å². The Labute approximate surface area is 381 Å². The number of benzene rings is 14. The molecule has 0 N–H and O–H groups in total. The third kappa shape index (κ3) is 4.99. The van der Waals surface area contributed by atoms with Gasteiger partial charge in [0.1, 0.15) is 0 Å². The molecule has 0 aromatic heterocycles. The first-order valence-corrected chi connectivity index (χ1v) is 23.1. The fourth-order valence-corrected chi connectivity index (χ4v) is 12.0. The van der Waals surface area contributed by atoms with E-state index in [4.69, 9.17) is 0 Å². The van der Waals surface area contributed by atoms with Gasteiger partial charge in [0.15, 0.2) is 0 Å². The molecule has 0 radical (unpaired) electrons. The molecule has 14 aromatic rings. The minimum absolute atomic E-state index is 1.21. The first-order chi connectivity index (χ1) is 32.7. The quantitative estimate of drug-likeness (QED) is 0.122. The van der Waals surface area contributed by atoms with Crippen LogP contribution in [0, 0.1) is 0 Å². The maximum Gasteiger partial charge on any atom is -0.000718 e. The Hall–Kier alpha value is -8.58. The summed E-state index contributed by atoms with van der Waals surface area (Å²) < 4.78 is 0. The molecule has 0 spiro atoms. The van der Waals surface area contributed by atoms with E-state index in [1.807, 2.05) is 0 Å². The molecule has 0 fully saturated rings. The minimum Gasteiger partial charge on any atom is -0.0622 e. The molecule has 0 amide bonds. The topological polar surface area (TPSA) is 0 Å². The van der Waals surface area contributed by atoms with Crippen LogP contribution in [0.4, 0.5) is 0 Å². The van der Waals surface area contributed by atoms with Crippen molar-refractivity contribution >= 4 is 86.2 Å². The second-order valence-electron chi connectivity index (χ2n) is 18.3. The smallest absolute Gasteiger partial charge is 0.000718 e. The van der Waals surface area contributed by atoms with Crippen molar-refractivity contribution in [1.82, 2.24) is 0 Å². The molecule has 302 valence electrons. The van der Waals surface area contributed by atoms with Crippen molar-refractivity contribution < 1.29 is 0 Å². The Morgan fingerprint density at radius 3 is 1.21 bits per heavy atom. The van der Waals surface area contributed by atoms with Crippen LogP contribution in [-0.4, -0.2) is 0 Å². The average molecular weight is 831 g/mol. The first-order valence-electron chi connectivity index (χ1n) is 23.1. The third-order valence-corrected chi connectivity index (χ3v) is 14.8. The summed E-state index contributed by atoms with van der Waals surface area (Å²) in [4.78, 5) is 0. The standard InChI is InChI=1S/C66H38/c1-3-14-39(15-4-1)43-21-12-23-47(32-43)61-57-37-55-51-27-10-9-26-50(51)53-34-45-18-7-8-19-46(45)35-54(53)56(55)38-58(57)62(48-24-13-22-44(33-48)40-16-5-2-6-17-40)66-59-36-49-25-11-20-41-28-29-42-30-31-52(65(61)66)64(59)63(42)60(41)49/h1-38H. The maximum absolute atomic E-state index is 2.57. The molecule has 0 heteroatoms. The van der Waals surface area contributed by atoms with Crippen LogP contribution in [0.1, 0.15) is 0 Å². The zero-order valence-electron chi connectivity index (χ0n) is 35.9. The van der Waals surface area contributed by atoms with Gasteiger partial charge in [0.05, 0.1) is 0 Å². The van der Waals surface area contributed by atoms with Gasteiger partial charge in [-0.2, -0.15) is 0 Å². The van der Waals surface area contributed by atoms with E-state index >= 15 is 0 Å². The van der Waals surface area contributed by atoms with Crippen molar-refractivity contribution in [3.63, 3.8) is 0 Å². The lowest BCUT2D eigenvalue weighted by Gasteiger charge is -2.23. The van der Waals surface area contributed by atoms with E-state index in [0.717, 1.165) is 0 Å².